The van der Waals surface area contributed by atoms with Crippen molar-refractivity contribution >= 4 is 23.7 Å². The van der Waals surface area contributed by atoms with Crippen LogP contribution in [-0.4, -0.2) is 0 Å². The van der Waals surface area contributed by atoms with E-state index in [4.69, 9.17) is 5.73 Å². The highest BCUT2D eigenvalue weighted by molar-refractivity contribution is 7.08. The zero-order valence-electron chi connectivity index (χ0n) is 9.44. The van der Waals surface area contributed by atoms with Gasteiger partial charge in [0.05, 0.1) is 6.04 Å². The Morgan fingerprint density at radius 1 is 1.06 bits per heavy atom. The van der Waals surface area contributed by atoms with Gasteiger partial charge >= 0.3 is 0 Å². The van der Waals surface area contributed by atoms with Gasteiger partial charge < -0.3 is 5.73 Å². The summed E-state index contributed by atoms with van der Waals surface area (Å²) < 4.78 is 0. The van der Waals surface area contributed by atoms with E-state index < -0.39 is 0 Å². The molecule has 3 heteroatoms. The quantitative estimate of drug-likeness (QED) is 0.865. The van der Waals surface area contributed by atoms with Crippen molar-refractivity contribution in [2.24, 2.45) is 5.73 Å². The molecule has 0 saturated carbocycles. The van der Waals surface area contributed by atoms with Crippen LogP contribution in [0.25, 0.3) is 0 Å². The number of thiophene rings is 1. The number of rotatable bonds is 2. The molecule has 16 heavy (non-hydrogen) atoms. The zero-order valence-corrected chi connectivity index (χ0v) is 11.1. The third-order valence-corrected chi connectivity index (χ3v) is 3.21. The molecule has 86 valence electrons. The molecule has 1 atom stereocenters. The van der Waals surface area contributed by atoms with Gasteiger partial charge in [-0.1, -0.05) is 29.3 Å². The van der Waals surface area contributed by atoms with Crippen LogP contribution in [0.4, 0.5) is 0 Å². The summed E-state index contributed by atoms with van der Waals surface area (Å²) in [6.45, 7) is 4.22. The number of hydrogen-bond donors (Lipinski definition) is 1. The molecule has 1 nitrogen and oxygen atoms in total. The first-order chi connectivity index (χ1) is 7.16. The Labute approximate surface area is 107 Å². The smallest absolute Gasteiger partial charge is 0.0560 e. The van der Waals surface area contributed by atoms with Crippen molar-refractivity contribution in [1.29, 1.82) is 0 Å². The van der Waals surface area contributed by atoms with Gasteiger partial charge in [-0.15, -0.1) is 12.4 Å². The van der Waals surface area contributed by atoms with Crippen LogP contribution < -0.4 is 5.73 Å². The standard InChI is InChI=1S/C13H15NS.ClH/c1-9-5-10(2)7-12(6-9)13(14)11-3-4-15-8-11;/h3-8,13H,14H2,1-2H3;1H/t13-;/m1./s1. The maximum absolute atomic E-state index is 6.21. The lowest BCUT2D eigenvalue weighted by molar-refractivity contribution is 0.873. The Morgan fingerprint density at radius 3 is 2.19 bits per heavy atom. The molecular weight excluding hydrogens is 238 g/mol. The summed E-state index contributed by atoms with van der Waals surface area (Å²) in [5.41, 5.74) is 11.2. The second-order valence-corrected chi connectivity index (χ2v) is 4.74. The summed E-state index contributed by atoms with van der Waals surface area (Å²) in [7, 11) is 0. The average molecular weight is 254 g/mol. The zero-order chi connectivity index (χ0) is 10.8. The average Bonchev–Trinajstić information content (AvgIpc) is 2.67. The highest BCUT2D eigenvalue weighted by atomic mass is 35.5. The van der Waals surface area contributed by atoms with E-state index in [1.807, 2.05) is 0 Å². The summed E-state index contributed by atoms with van der Waals surface area (Å²) in [6, 6.07) is 8.59. The molecule has 0 bridgehead atoms. The van der Waals surface area contributed by atoms with Gasteiger partial charge in [0.15, 0.2) is 0 Å². The van der Waals surface area contributed by atoms with Gasteiger partial charge in [-0.05, 0) is 41.8 Å². The normalized spacial score (nSPS) is 11.9. The fourth-order valence-electron chi connectivity index (χ4n) is 1.83. The minimum Gasteiger partial charge on any atom is -0.320 e. The Bertz CT molecular complexity index is 431. The number of hydrogen-bond acceptors (Lipinski definition) is 2. The maximum atomic E-state index is 6.21. The van der Waals surface area contributed by atoms with Gasteiger partial charge in [-0.3, -0.25) is 0 Å². The maximum Gasteiger partial charge on any atom is 0.0560 e. The van der Waals surface area contributed by atoms with Crippen molar-refractivity contribution in [1.82, 2.24) is 0 Å². The summed E-state index contributed by atoms with van der Waals surface area (Å²) in [4.78, 5) is 0. The molecule has 2 rings (SSSR count). The van der Waals surface area contributed by atoms with Crippen molar-refractivity contribution in [3.63, 3.8) is 0 Å². The number of aryl methyl sites for hydroxylation is 2. The lowest BCUT2D eigenvalue weighted by Gasteiger charge is -2.12. The van der Waals surface area contributed by atoms with Crippen LogP contribution in [-0.2, 0) is 0 Å². The highest BCUT2D eigenvalue weighted by Gasteiger charge is 2.09. The topological polar surface area (TPSA) is 26.0 Å². The predicted octanol–water partition coefficient (Wildman–Crippen LogP) is 3.83. The Balaban J connectivity index is 0.00000128. The molecule has 0 aliphatic carbocycles. The van der Waals surface area contributed by atoms with Crippen molar-refractivity contribution in [2.45, 2.75) is 19.9 Å². The highest BCUT2D eigenvalue weighted by Crippen LogP contribution is 2.23. The van der Waals surface area contributed by atoms with E-state index in [9.17, 15) is 0 Å². The van der Waals surface area contributed by atoms with Crippen molar-refractivity contribution < 1.29 is 0 Å². The third-order valence-electron chi connectivity index (χ3n) is 2.51. The van der Waals surface area contributed by atoms with E-state index in [1.54, 1.807) is 11.3 Å². The Morgan fingerprint density at radius 2 is 1.69 bits per heavy atom. The largest absolute Gasteiger partial charge is 0.320 e. The van der Waals surface area contributed by atoms with Gasteiger partial charge in [-0.25, -0.2) is 0 Å². The van der Waals surface area contributed by atoms with Crippen LogP contribution >= 0.6 is 23.7 Å². The lowest BCUT2D eigenvalue weighted by atomic mass is 9.98. The molecule has 0 fully saturated rings. The van der Waals surface area contributed by atoms with Gasteiger partial charge in [0.25, 0.3) is 0 Å². The van der Waals surface area contributed by atoms with Crippen molar-refractivity contribution in [3.05, 3.63) is 57.3 Å². The molecule has 2 aromatic rings. The first kappa shape index (κ1) is 13.2. The molecule has 0 spiro atoms. The molecule has 1 aromatic carbocycles. The first-order valence-corrected chi connectivity index (χ1v) is 5.97. The fraction of sp³-hybridized carbons (Fsp3) is 0.231. The van der Waals surface area contributed by atoms with Crippen LogP contribution in [0.1, 0.15) is 28.3 Å². The molecular formula is C13H16ClNS. The van der Waals surface area contributed by atoms with Gasteiger partial charge in [0.2, 0.25) is 0 Å². The van der Waals surface area contributed by atoms with E-state index in [2.05, 4.69) is 48.9 Å². The second-order valence-electron chi connectivity index (χ2n) is 3.96. The predicted molar refractivity (Wildman–Crippen MR) is 73.5 cm³/mol. The lowest BCUT2D eigenvalue weighted by Crippen LogP contribution is -2.11. The van der Waals surface area contributed by atoms with Gasteiger partial charge in [0, 0.05) is 0 Å². The number of benzene rings is 1. The SMILES string of the molecule is Cc1cc(C)cc([C@H](N)c2ccsc2)c1.Cl. The van der Waals surface area contributed by atoms with Crippen LogP contribution in [0, 0.1) is 13.8 Å². The fourth-order valence-corrected chi connectivity index (χ4v) is 2.53. The van der Waals surface area contributed by atoms with E-state index >= 15 is 0 Å². The van der Waals surface area contributed by atoms with Crippen LogP contribution in [0.3, 0.4) is 0 Å². The monoisotopic (exact) mass is 253 g/mol. The van der Waals surface area contributed by atoms with Crippen LogP contribution in [0.2, 0.25) is 0 Å². The summed E-state index contributed by atoms with van der Waals surface area (Å²) in [6.07, 6.45) is 0. The molecule has 1 aromatic heterocycles. The summed E-state index contributed by atoms with van der Waals surface area (Å²) >= 11 is 1.69. The van der Waals surface area contributed by atoms with Crippen molar-refractivity contribution in [2.75, 3.05) is 0 Å². The molecule has 1 heterocycles. The Hall–Kier alpha value is -0.830. The molecule has 0 saturated heterocycles. The van der Waals surface area contributed by atoms with E-state index in [-0.39, 0.29) is 18.4 Å². The number of nitrogens with two attached hydrogens (primary N) is 1. The van der Waals surface area contributed by atoms with E-state index in [0.29, 0.717) is 0 Å². The third kappa shape index (κ3) is 2.85. The van der Waals surface area contributed by atoms with Crippen LogP contribution in [0.15, 0.2) is 35.0 Å². The van der Waals surface area contributed by atoms with E-state index in [1.165, 1.54) is 22.3 Å². The summed E-state index contributed by atoms with van der Waals surface area (Å²) in [5, 5.41) is 4.18. The van der Waals surface area contributed by atoms with E-state index in [0.717, 1.165) is 0 Å². The molecule has 0 amide bonds. The first-order valence-electron chi connectivity index (χ1n) is 5.02. The van der Waals surface area contributed by atoms with Crippen LogP contribution in [0.5, 0.6) is 0 Å². The molecule has 0 radical (unpaired) electrons. The molecule has 0 aliphatic heterocycles. The number of halogens is 1. The molecule has 0 aliphatic rings. The molecule has 0 unspecified atom stereocenters. The second kappa shape index (κ2) is 5.48. The molecule has 2 N–H and O–H groups in total. The summed E-state index contributed by atoms with van der Waals surface area (Å²) in [5.74, 6) is 0. The van der Waals surface area contributed by atoms with Gasteiger partial charge in [0.1, 0.15) is 0 Å². The minimum atomic E-state index is 0. The van der Waals surface area contributed by atoms with Crippen molar-refractivity contribution in [3.8, 4) is 0 Å². The minimum absolute atomic E-state index is 0. The van der Waals surface area contributed by atoms with Gasteiger partial charge in [-0.2, -0.15) is 11.3 Å². The Kier molecular flexibility index (Phi) is 4.54.